The Bertz CT molecular complexity index is 1290. The first kappa shape index (κ1) is 58.5. The maximum absolute atomic E-state index is 12.4. The molecule has 0 bridgehead atoms. The first-order valence-electron chi connectivity index (χ1n) is 25.4. The summed E-state index contributed by atoms with van der Waals surface area (Å²) in [7, 11) is 0. The van der Waals surface area contributed by atoms with Gasteiger partial charge in [-0.25, -0.2) is 0 Å². The zero-order valence-electron chi connectivity index (χ0n) is 40.1. The van der Waals surface area contributed by atoms with Gasteiger partial charge in [-0.15, -0.1) is 0 Å². The molecule has 0 aliphatic heterocycles. The van der Waals surface area contributed by atoms with Gasteiger partial charge in [0.1, 0.15) is 0 Å². The summed E-state index contributed by atoms with van der Waals surface area (Å²) in [5.74, 6) is -0.0946. The molecule has 4 heteroatoms. The van der Waals surface area contributed by atoms with Crippen molar-refractivity contribution in [2.24, 2.45) is 0 Å². The molecule has 0 aromatic heterocycles. The largest absolute Gasteiger partial charge is 0.394 e. The number of hydrogen-bond acceptors (Lipinski definition) is 3. The van der Waals surface area contributed by atoms with E-state index >= 15 is 0 Å². The number of allylic oxidation sites excluding steroid dienone is 21. The van der Waals surface area contributed by atoms with E-state index in [1.54, 1.807) is 6.08 Å². The molecule has 0 aromatic carbocycles. The fourth-order valence-corrected chi connectivity index (χ4v) is 6.79. The zero-order chi connectivity index (χ0) is 44.9. The molecule has 0 aliphatic carbocycles. The molecule has 0 radical (unpaired) electrons. The Morgan fingerprint density at radius 2 is 0.710 bits per heavy atom. The van der Waals surface area contributed by atoms with E-state index in [0.717, 1.165) is 109 Å². The minimum absolute atomic E-state index is 0.0946. The molecule has 350 valence electrons. The Hall–Kier alpha value is -3.47. The highest BCUT2D eigenvalue weighted by Crippen LogP contribution is 2.14. The molecule has 0 saturated heterocycles. The lowest BCUT2D eigenvalue weighted by Crippen LogP contribution is -2.45. The van der Waals surface area contributed by atoms with Crippen molar-refractivity contribution < 1.29 is 15.0 Å². The fraction of sp³-hybridized carbons (Fsp3) is 0.603. The van der Waals surface area contributed by atoms with Crippen LogP contribution in [0.15, 0.2) is 134 Å². The third kappa shape index (κ3) is 47.6. The SMILES string of the molecule is CC/C=C\C/C=C\C/C=C\C/C=C\C/C=C\C/C=C\C/C=C\C/C=C\C/C=C\C/C=C\CCCCCCC(=O)NC(CO)C(O)/C=C/CCCCCCCCCCCCCCC. The van der Waals surface area contributed by atoms with Crippen LogP contribution in [0, 0.1) is 0 Å². The predicted molar refractivity (Wildman–Crippen MR) is 275 cm³/mol. The smallest absolute Gasteiger partial charge is 0.220 e. The lowest BCUT2D eigenvalue weighted by molar-refractivity contribution is -0.123. The number of carbonyl (C=O) groups is 1. The molecule has 4 nitrogen and oxygen atoms in total. The van der Waals surface area contributed by atoms with E-state index in [1.807, 2.05) is 6.08 Å². The Balaban J connectivity index is 3.72. The van der Waals surface area contributed by atoms with Crippen LogP contribution in [0.2, 0.25) is 0 Å². The second-order valence-electron chi connectivity index (χ2n) is 16.5. The Morgan fingerprint density at radius 3 is 1.06 bits per heavy atom. The van der Waals surface area contributed by atoms with Crippen LogP contribution in [0.25, 0.3) is 0 Å². The van der Waals surface area contributed by atoms with E-state index in [2.05, 4.69) is 141 Å². The number of rotatable bonds is 44. The molecule has 0 fully saturated rings. The first-order valence-corrected chi connectivity index (χ1v) is 25.4. The standard InChI is InChI=1S/C58H95NO3/c1-3-5-7-9-11-13-15-17-19-20-21-22-23-24-25-26-27-28-29-30-31-32-33-34-35-36-37-38-40-42-44-46-48-50-52-54-58(62)59-56(55-60)57(61)53-51-49-47-45-43-41-39-18-16-14-12-10-8-6-4-2/h5,7,11,13,17,19,21-22,24-25,27-28,30-31,33-34,36-37,40,42,51,53,56-57,60-61H,3-4,6,8-10,12,14-16,18,20,23,26,29,32,35,38-39,41,43-50,52,54-55H2,1-2H3,(H,59,62)/b7-5-,13-11-,19-17-,22-21-,25-24-,28-27-,31-30-,34-33-,37-36-,42-40-,53-51+. The quantitative estimate of drug-likeness (QED) is 0.0422. The van der Waals surface area contributed by atoms with Crippen LogP contribution in [-0.2, 0) is 4.79 Å². The molecule has 2 unspecified atom stereocenters. The van der Waals surface area contributed by atoms with E-state index in [4.69, 9.17) is 0 Å². The van der Waals surface area contributed by atoms with E-state index in [-0.39, 0.29) is 12.5 Å². The van der Waals surface area contributed by atoms with Crippen LogP contribution in [-0.4, -0.2) is 34.9 Å². The highest BCUT2D eigenvalue weighted by Gasteiger charge is 2.17. The van der Waals surface area contributed by atoms with Gasteiger partial charge >= 0.3 is 0 Å². The van der Waals surface area contributed by atoms with Crippen molar-refractivity contribution in [2.75, 3.05) is 6.61 Å². The number of unbranched alkanes of at least 4 members (excludes halogenated alkanes) is 17. The van der Waals surface area contributed by atoms with Crippen molar-refractivity contribution >= 4 is 5.91 Å². The number of aliphatic hydroxyl groups is 2. The van der Waals surface area contributed by atoms with E-state index in [0.29, 0.717) is 6.42 Å². The monoisotopic (exact) mass is 854 g/mol. The van der Waals surface area contributed by atoms with Gasteiger partial charge in [-0.3, -0.25) is 4.79 Å². The van der Waals surface area contributed by atoms with Crippen molar-refractivity contribution in [2.45, 2.75) is 219 Å². The van der Waals surface area contributed by atoms with Gasteiger partial charge < -0.3 is 15.5 Å². The highest BCUT2D eigenvalue weighted by atomic mass is 16.3. The maximum atomic E-state index is 12.4. The van der Waals surface area contributed by atoms with Crippen LogP contribution in [0.4, 0.5) is 0 Å². The van der Waals surface area contributed by atoms with Gasteiger partial charge in [-0.2, -0.15) is 0 Å². The minimum atomic E-state index is -0.859. The molecule has 0 rings (SSSR count). The lowest BCUT2D eigenvalue weighted by atomic mass is 10.0. The highest BCUT2D eigenvalue weighted by molar-refractivity contribution is 5.76. The average Bonchev–Trinajstić information content (AvgIpc) is 3.28. The molecule has 0 aliphatic rings. The lowest BCUT2D eigenvalue weighted by Gasteiger charge is -2.20. The fourth-order valence-electron chi connectivity index (χ4n) is 6.79. The number of hydrogen-bond donors (Lipinski definition) is 3. The third-order valence-corrected chi connectivity index (χ3v) is 10.6. The van der Waals surface area contributed by atoms with E-state index < -0.39 is 12.1 Å². The summed E-state index contributed by atoms with van der Waals surface area (Å²) in [5, 5.41) is 23.0. The maximum Gasteiger partial charge on any atom is 0.220 e. The van der Waals surface area contributed by atoms with Gasteiger partial charge in [-0.1, -0.05) is 237 Å². The van der Waals surface area contributed by atoms with Crippen molar-refractivity contribution in [3.63, 3.8) is 0 Å². The van der Waals surface area contributed by atoms with Crippen LogP contribution in [0.1, 0.15) is 206 Å². The molecule has 0 spiro atoms. The van der Waals surface area contributed by atoms with Crippen LogP contribution in [0.5, 0.6) is 0 Å². The number of carbonyl (C=O) groups excluding carboxylic acids is 1. The normalized spacial score (nSPS) is 14.1. The molecule has 0 saturated carbocycles. The average molecular weight is 854 g/mol. The summed E-state index contributed by atoms with van der Waals surface area (Å²) < 4.78 is 0. The summed E-state index contributed by atoms with van der Waals surface area (Å²) in [5.41, 5.74) is 0. The van der Waals surface area contributed by atoms with Gasteiger partial charge in [0.25, 0.3) is 0 Å². The van der Waals surface area contributed by atoms with Gasteiger partial charge in [0.15, 0.2) is 0 Å². The minimum Gasteiger partial charge on any atom is -0.394 e. The molecule has 0 aromatic rings. The number of aliphatic hydroxyl groups excluding tert-OH is 2. The first-order chi connectivity index (χ1) is 30.7. The second-order valence-corrected chi connectivity index (χ2v) is 16.5. The summed E-state index contributed by atoms with van der Waals surface area (Å²) in [4.78, 5) is 12.4. The Labute approximate surface area is 383 Å². The molecule has 1 amide bonds. The van der Waals surface area contributed by atoms with Gasteiger partial charge in [-0.05, 0) is 96.3 Å². The van der Waals surface area contributed by atoms with E-state index in [9.17, 15) is 15.0 Å². The van der Waals surface area contributed by atoms with Crippen molar-refractivity contribution in [3.8, 4) is 0 Å². The molecule has 0 heterocycles. The second kappa shape index (κ2) is 51.9. The van der Waals surface area contributed by atoms with Gasteiger partial charge in [0, 0.05) is 6.42 Å². The summed E-state index contributed by atoms with van der Waals surface area (Å²) >= 11 is 0. The van der Waals surface area contributed by atoms with Crippen LogP contribution in [0.3, 0.4) is 0 Å². The molecule has 3 N–H and O–H groups in total. The topological polar surface area (TPSA) is 69.6 Å². The van der Waals surface area contributed by atoms with Gasteiger partial charge in [0.2, 0.25) is 5.91 Å². The summed E-state index contributed by atoms with van der Waals surface area (Å²) in [6.45, 7) is 4.17. The van der Waals surface area contributed by atoms with Gasteiger partial charge in [0.05, 0.1) is 18.8 Å². The van der Waals surface area contributed by atoms with Crippen molar-refractivity contribution in [1.82, 2.24) is 5.32 Å². The molecule has 2 atom stereocenters. The zero-order valence-corrected chi connectivity index (χ0v) is 40.1. The van der Waals surface area contributed by atoms with Crippen LogP contribution >= 0.6 is 0 Å². The third-order valence-electron chi connectivity index (χ3n) is 10.6. The van der Waals surface area contributed by atoms with Crippen molar-refractivity contribution in [1.29, 1.82) is 0 Å². The number of amides is 1. The van der Waals surface area contributed by atoms with E-state index in [1.165, 1.54) is 77.0 Å². The Morgan fingerprint density at radius 1 is 0.403 bits per heavy atom. The molecular formula is C58H95NO3. The Kier molecular flexibility index (Phi) is 49.0. The summed E-state index contributed by atoms with van der Waals surface area (Å²) in [6, 6.07) is -0.645. The predicted octanol–water partition coefficient (Wildman–Crippen LogP) is 16.7. The van der Waals surface area contributed by atoms with Crippen LogP contribution < -0.4 is 5.32 Å². The summed E-state index contributed by atoms with van der Waals surface area (Å²) in [6.07, 6.45) is 81.4. The van der Waals surface area contributed by atoms with Crippen molar-refractivity contribution in [3.05, 3.63) is 134 Å². The molecular weight excluding hydrogens is 759 g/mol. The number of nitrogens with one attached hydrogen (secondary N) is 1. The molecule has 62 heavy (non-hydrogen) atoms.